The second-order valence-corrected chi connectivity index (χ2v) is 8.10. The lowest BCUT2D eigenvalue weighted by Gasteiger charge is -2.09. The van der Waals surface area contributed by atoms with Crippen molar-refractivity contribution >= 4 is 59.6 Å². The van der Waals surface area contributed by atoms with Crippen LogP contribution in [0.3, 0.4) is 0 Å². The summed E-state index contributed by atoms with van der Waals surface area (Å²) in [6.07, 6.45) is 0. The van der Waals surface area contributed by atoms with E-state index in [-0.39, 0.29) is 0 Å². The SMILES string of the molecule is O=C(O)C1Nc2cc(OCNCCSc3nc(=S)[nH]c(=S)[nH]3)ccc2S1. The molecule has 2 aromatic rings. The van der Waals surface area contributed by atoms with Gasteiger partial charge in [0.1, 0.15) is 12.5 Å². The van der Waals surface area contributed by atoms with Crippen LogP contribution in [0, 0.1) is 9.54 Å². The predicted molar refractivity (Wildman–Crippen MR) is 106 cm³/mol. The molecule has 138 valence electrons. The van der Waals surface area contributed by atoms with Crippen molar-refractivity contribution in [2.24, 2.45) is 0 Å². The van der Waals surface area contributed by atoms with E-state index in [1.54, 1.807) is 6.07 Å². The van der Waals surface area contributed by atoms with E-state index in [9.17, 15) is 4.79 Å². The summed E-state index contributed by atoms with van der Waals surface area (Å²) in [5.74, 6) is 0.550. The summed E-state index contributed by atoms with van der Waals surface area (Å²) in [5, 5.41) is 15.2. The lowest BCUT2D eigenvalue weighted by atomic mass is 10.3. The third-order valence-corrected chi connectivity index (χ3v) is 5.65. The molecule has 26 heavy (non-hydrogen) atoms. The fourth-order valence-corrected chi connectivity index (χ4v) is 4.37. The van der Waals surface area contributed by atoms with E-state index in [4.69, 9.17) is 34.3 Å². The number of H-pyrrole nitrogens is 2. The van der Waals surface area contributed by atoms with Crippen molar-refractivity contribution in [3.05, 3.63) is 27.7 Å². The van der Waals surface area contributed by atoms with Crippen LogP contribution in [0.4, 0.5) is 5.69 Å². The van der Waals surface area contributed by atoms with E-state index < -0.39 is 11.3 Å². The van der Waals surface area contributed by atoms with Crippen LogP contribution in [0.2, 0.25) is 0 Å². The maximum absolute atomic E-state index is 11.0. The Morgan fingerprint density at radius 3 is 3.04 bits per heavy atom. The zero-order chi connectivity index (χ0) is 18.5. The molecule has 1 aromatic heterocycles. The number of anilines is 1. The van der Waals surface area contributed by atoms with Crippen molar-refractivity contribution in [3.8, 4) is 5.75 Å². The molecule has 5 N–H and O–H groups in total. The quantitative estimate of drug-likeness (QED) is 0.186. The van der Waals surface area contributed by atoms with E-state index in [0.29, 0.717) is 33.7 Å². The Morgan fingerprint density at radius 2 is 2.27 bits per heavy atom. The van der Waals surface area contributed by atoms with Crippen molar-refractivity contribution in [2.45, 2.75) is 15.4 Å². The second-order valence-electron chi connectivity index (χ2n) is 5.08. The van der Waals surface area contributed by atoms with Gasteiger partial charge in [-0.1, -0.05) is 23.5 Å². The first-order valence-corrected chi connectivity index (χ1v) is 10.2. The Kier molecular flexibility index (Phi) is 6.53. The van der Waals surface area contributed by atoms with E-state index in [1.165, 1.54) is 23.5 Å². The first-order valence-electron chi connectivity index (χ1n) is 7.48. The van der Waals surface area contributed by atoms with Crippen LogP contribution in [-0.2, 0) is 4.79 Å². The summed E-state index contributed by atoms with van der Waals surface area (Å²) >= 11 is 12.8. The van der Waals surface area contributed by atoms with Gasteiger partial charge >= 0.3 is 5.97 Å². The highest BCUT2D eigenvalue weighted by Crippen LogP contribution is 2.40. The van der Waals surface area contributed by atoms with Gasteiger partial charge in [-0.15, -0.1) is 0 Å². The molecule has 0 radical (unpaired) electrons. The third-order valence-electron chi connectivity index (χ3n) is 3.21. The molecular formula is C14H15N5O3S4. The van der Waals surface area contributed by atoms with Gasteiger partial charge in [0.2, 0.25) is 4.77 Å². The van der Waals surface area contributed by atoms with Crippen molar-refractivity contribution in [1.82, 2.24) is 20.3 Å². The van der Waals surface area contributed by atoms with Crippen LogP contribution in [-0.4, -0.2) is 50.4 Å². The highest BCUT2D eigenvalue weighted by molar-refractivity contribution is 8.01. The summed E-state index contributed by atoms with van der Waals surface area (Å²) in [7, 11) is 0. The van der Waals surface area contributed by atoms with Gasteiger partial charge in [-0.3, -0.25) is 5.32 Å². The molecule has 0 saturated carbocycles. The van der Waals surface area contributed by atoms with E-state index in [1.807, 2.05) is 12.1 Å². The van der Waals surface area contributed by atoms with Gasteiger partial charge in [0.15, 0.2) is 15.3 Å². The van der Waals surface area contributed by atoms with Gasteiger partial charge in [0.05, 0.1) is 5.69 Å². The molecule has 1 atom stereocenters. The van der Waals surface area contributed by atoms with Gasteiger partial charge in [-0.2, -0.15) is 4.98 Å². The Morgan fingerprint density at radius 1 is 1.42 bits per heavy atom. The number of thioether (sulfide) groups is 2. The minimum absolute atomic E-state index is 0.340. The van der Waals surface area contributed by atoms with Crippen molar-refractivity contribution < 1.29 is 14.6 Å². The molecule has 1 aliphatic rings. The van der Waals surface area contributed by atoms with Crippen molar-refractivity contribution in [1.29, 1.82) is 0 Å². The number of carbonyl (C=O) groups is 1. The zero-order valence-corrected chi connectivity index (χ0v) is 16.5. The molecule has 2 heterocycles. The summed E-state index contributed by atoms with van der Waals surface area (Å²) < 4.78 is 6.46. The first kappa shape index (κ1) is 19.2. The molecule has 3 rings (SSSR count). The summed E-state index contributed by atoms with van der Waals surface area (Å²) in [5.41, 5.74) is 0.775. The van der Waals surface area contributed by atoms with Crippen molar-refractivity contribution in [2.75, 3.05) is 24.3 Å². The number of carboxylic acids is 1. The maximum Gasteiger partial charge on any atom is 0.337 e. The first-order chi connectivity index (χ1) is 12.5. The summed E-state index contributed by atoms with van der Waals surface area (Å²) in [6.45, 7) is 1.05. The Hall–Kier alpha value is -1.60. The van der Waals surface area contributed by atoms with Gasteiger partial charge in [-0.25, -0.2) is 4.79 Å². The highest BCUT2D eigenvalue weighted by Gasteiger charge is 2.27. The van der Waals surface area contributed by atoms with Gasteiger partial charge in [0, 0.05) is 23.3 Å². The van der Waals surface area contributed by atoms with Crippen LogP contribution in [0.5, 0.6) is 5.75 Å². The Labute approximate surface area is 167 Å². The Bertz CT molecular complexity index is 888. The predicted octanol–water partition coefficient (Wildman–Crippen LogP) is 2.84. The topological polar surface area (TPSA) is 115 Å². The number of hydrogen-bond acceptors (Lipinski definition) is 9. The monoisotopic (exact) mass is 429 g/mol. The Balaban J connectivity index is 1.39. The van der Waals surface area contributed by atoms with Gasteiger partial charge in [0.25, 0.3) is 0 Å². The lowest BCUT2D eigenvalue weighted by molar-refractivity contribution is -0.135. The van der Waals surface area contributed by atoms with Crippen LogP contribution in [0.25, 0.3) is 0 Å². The fourth-order valence-electron chi connectivity index (χ4n) is 2.09. The number of nitrogens with zero attached hydrogens (tertiary/aromatic N) is 1. The highest BCUT2D eigenvalue weighted by atomic mass is 32.2. The number of hydrogen-bond donors (Lipinski definition) is 5. The van der Waals surface area contributed by atoms with E-state index in [0.717, 1.165) is 16.3 Å². The fraction of sp³-hybridized carbons (Fsp3) is 0.286. The number of aliphatic carboxylic acids is 1. The standard InChI is InChI=1S/C14H15N5O3S4/c20-11(21)10-16-8-5-7(1-2-9(8)26-10)22-6-15-3-4-25-14-18-12(23)17-13(24)19-14/h1-2,5,10,15-16H,3-4,6H2,(H,20,21)(H2,17,18,19,23,24). The van der Waals surface area contributed by atoms with Gasteiger partial charge in [-0.05, 0) is 36.6 Å². The molecule has 12 heteroatoms. The number of nitrogens with one attached hydrogen (secondary N) is 4. The average Bonchev–Trinajstić information content (AvgIpc) is 3.01. The summed E-state index contributed by atoms with van der Waals surface area (Å²) in [4.78, 5) is 21.7. The zero-order valence-electron chi connectivity index (χ0n) is 13.3. The molecule has 1 unspecified atom stereocenters. The van der Waals surface area contributed by atoms with E-state index in [2.05, 4.69) is 25.6 Å². The molecule has 8 nitrogen and oxygen atoms in total. The number of fused-ring (bicyclic) bond motifs is 1. The van der Waals surface area contributed by atoms with Crippen LogP contribution in [0.15, 0.2) is 28.3 Å². The molecule has 0 spiro atoms. The molecular weight excluding hydrogens is 414 g/mol. The number of ether oxygens (including phenoxy) is 1. The molecule has 0 aliphatic carbocycles. The summed E-state index contributed by atoms with van der Waals surface area (Å²) in [6, 6.07) is 5.48. The van der Waals surface area contributed by atoms with Gasteiger partial charge < -0.3 is 25.1 Å². The average molecular weight is 430 g/mol. The van der Waals surface area contributed by atoms with Crippen LogP contribution >= 0.6 is 48.0 Å². The molecule has 0 bridgehead atoms. The number of aromatic amines is 2. The minimum Gasteiger partial charge on any atom is -0.479 e. The van der Waals surface area contributed by atoms with E-state index >= 15 is 0 Å². The smallest absolute Gasteiger partial charge is 0.337 e. The number of aromatic nitrogens is 3. The lowest BCUT2D eigenvalue weighted by Crippen LogP contribution is -2.23. The molecule has 0 amide bonds. The van der Waals surface area contributed by atoms with Crippen molar-refractivity contribution in [3.63, 3.8) is 0 Å². The molecule has 1 aromatic carbocycles. The normalized spacial score (nSPS) is 15.3. The number of carboxylic acid groups (broad SMARTS) is 1. The molecule has 1 aliphatic heterocycles. The van der Waals surface area contributed by atoms with Crippen LogP contribution < -0.4 is 15.4 Å². The van der Waals surface area contributed by atoms with Crippen LogP contribution in [0.1, 0.15) is 0 Å². The number of rotatable bonds is 8. The minimum atomic E-state index is -0.887. The largest absolute Gasteiger partial charge is 0.479 e. The number of benzene rings is 1. The third kappa shape index (κ3) is 5.20. The molecule has 0 saturated heterocycles. The molecule has 0 fully saturated rings. The maximum atomic E-state index is 11.0. The second kappa shape index (κ2) is 8.86.